The van der Waals surface area contributed by atoms with Gasteiger partial charge in [0.1, 0.15) is 5.82 Å². The molecule has 0 radical (unpaired) electrons. The van der Waals surface area contributed by atoms with E-state index >= 15 is 0 Å². The molecule has 1 aromatic rings. The van der Waals surface area contributed by atoms with Crippen molar-refractivity contribution in [3.8, 4) is 0 Å². The van der Waals surface area contributed by atoms with Gasteiger partial charge >= 0.3 is 0 Å². The lowest BCUT2D eigenvalue weighted by molar-refractivity contribution is 0.315. The molecule has 1 aromatic carbocycles. The van der Waals surface area contributed by atoms with Gasteiger partial charge in [-0.25, -0.2) is 4.39 Å². The van der Waals surface area contributed by atoms with Crippen molar-refractivity contribution in [1.82, 2.24) is 9.80 Å². The molecule has 3 aliphatic rings. The van der Waals surface area contributed by atoms with Crippen LogP contribution in [-0.2, 0) is 0 Å². The van der Waals surface area contributed by atoms with Crippen LogP contribution in [0.4, 0.5) is 10.1 Å². The highest BCUT2D eigenvalue weighted by Crippen LogP contribution is 2.31. The van der Waals surface area contributed by atoms with E-state index < -0.39 is 0 Å². The number of guanidine groups is 1. The minimum absolute atomic E-state index is 0. The molecule has 0 aromatic heterocycles. The number of nitrogens with zero attached hydrogens (tertiary/aromatic N) is 4. The molecular formula is C19H29FIN5. The van der Waals surface area contributed by atoms with Crippen molar-refractivity contribution in [1.29, 1.82) is 0 Å². The van der Waals surface area contributed by atoms with E-state index in [1.807, 2.05) is 12.1 Å². The first kappa shape index (κ1) is 19.7. The summed E-state index contributed by atoms with van der Waals surface area (Å²) < 4.78 is 13.0. The molecule has 4 rings (SSSR count). The number of nitrogens with two attached hydrogens (primary N) is 1. The van der Waals surface area contributed by atoms with Gasteiger partial charge in [-0.05, 0) is 56.0 Å². The monoisotopic (exact) mass is 473 g/mol. The van der Waals surface area contributed by atoms with Gasteiger partial charge in [0.05, 0.1) is 0 Å². The Labute approximate surface area is 172 Å². The highest BCUT2D eigenvalue weighted by atomic mass is 127. The number of hydrogen-bond acceptors (Lipinski definition) is 3. The Kier molecular flexibility index (Phi) is 6.60. The molecule has 0 spiro atoms. The number of piperazine rings is 1. The highest BCUT2D eigenvalue weighted by molar-refractivity contribution is 14.0. The first-order valence-corrected chi connectivity index (χ1v) is 9.48. The second kappa shape index (κ2) is 8.73. The molecule has 5 nitrogen and oxygen atoms in total. The number of halogens is 2. The Bertz CT molecular complexity index is 611. The second-order valence-electron chi connectivity index (χ2n) is 7.53. The van der Waals surface area contributed by atoms with E-state index in [1.165, 1.54) is 44.5 Å². The number of benzene rings is 1. The summed E-state index contributed by atoms with van der Waals surface area (Å²) in [5, 5.41) is 0. The lowest BCUT2D eigenvalue weighted by Gasteiger charge is -2.36. The van der Waals surface area contributed by atoms with Crippen LogP contribution >= 0.6 is 24.0 Å². The van der Waals surface area contributed by atoms with Crippen LogP contribution in [-0.4, -0.2) is 67.6 Å². The summed E-state index contributed by atoms with van der Waals surface area (Å²) in [6, 6.07) is 7.59. The summed E-state index contributed by atoms with van der Waals surface area (Å²) in [6.45, 7) is 6.80. The quantitative estimate of drug-likeness (QED) is 0.415. The molecule has 1 saturated carbocycles. The van der Waals surface area contributed by atoms with Gasteiger partial charge in [0.2, 0.25) is 0 Å². The SMILES string of the molecule is I.NC(=NCC1CCN(C2CC2)C1)N1CCN(c2ccc(F)cc2)CC1. The topological polar surface area (TPSA) is 48.1 Å². The largest absolute Gasteiger partial charge is 0.370 e. The average Bonchev–Trinajstić information content (AvgIpc) is 3.39. The van der Waals surface area contributed by atoms with Crippen molar-refractivity contribution < 1.29 is 4.39 Å². The van der Waals surface area contributed by atoms with Crippen LogP contribution in [0.3, 0.4) is 0 Å². The minimum Gasteiger partial charge on any atom is -0.370 e. The number of hydrogen-bond donors (Lipinski definition) is 1. The first-order chi connectivity index (χ1) is 12.2. The smallest absolute Gasteiger partial charge is 0.191 e. The Balaban J connectivity index is 0.00000196. The van der Waals surface area contributed by atoms with Gasteiger partial charge in [-0.15, -0.1) is 24.0 Å². The van der Waals surface area contributed by atoms with Crippen molar-refractivity contribution in [2.75, 3.05) is 50.7 Å². The summed E-state index contributed by atoms with van der Waals surface area (Å²) in [5.41, 5.74) is 7.30. The van der Waals surface area contributed by atoms with Gasteiger partial charge < -0.3 is 20.4 Å². The molecule has 1 atom stereocenters. The zero-order chi connectivity index (χ0) is 17.2. The normalized spacial score (nSPS) is 24.7. The number of aliphatic imine (C=N–C) groups is 1. The van der Waals surface area contributed by atoms with E-state index in [0.29, 0.717) is 11.9 Å². The molecule has 1 unspecified atom stereocenters. The van der Waals surface area contributed by atoms with E-state index in [-0.39, 0.29) is 29.8 Å². The molecule has 7 heteroatoms. The molecule has 144 valence electrons. The molecule has 0 amide bonds. The van der Waals surface area contributed by atoms with Crippen LogP contribution in [0.25, 0.3) is 0 Å². The fraction of sp³-hybridized carbons (Fsp3) is 0.632. The first-order valence-electron chi connectivity index (χ1n) is 9.48. The molecule has 26 heavy (non-hydrogen) atoms. The third kappa shape index (κ3) is 4.79. The summed E-state index contributed by atoms with van der Waals surface area (Å²) in [5.74, 6) is 1.16. The summed E-state index contributed by atoms with van der Waals surface area (Å²) in [4.78, 5) is 11.7. The standard InChI is InChI=1S/C19H28FN5.HI/c20-16-1-3-17(4-2-16)23-9-11-24(12-10-23)19(21)22-13-15-7-8-25(14-15)18-5-6-18;/h1-4,15,18H,5-14H2,(H2,21,22);1H. The van der Waals surface area contributed by atoms with Crippen LogP contribution < -0.4 is 10.6 Å². The minimum atomic E-state index is -0.189. The second-order valence-corrected chi connectivity index (χ2v) is 7.53. The van der Waals surface area contributed by atoms with E-state index in [0.717, 1.165) is 44.5 Å². The van der Waals surface area contributed by atoms with Gasteiger partial charge in [-0.3, -0.25) is 4.99 Å². The van der Waals surface area contributed by atoms with Gasteiger partial charge in [0.15, 0.2) is 5.96 Å². The van der Waals surface area contributed by atoms with Crippen molar-refractivity contribution in [3.63, 3.8) is 0 Å². The van der Waals surface area contributed by atoms with Crippen molar-refractivity contribution in [2.24, 2.45) is 16.6 Å². The van der Waals surface area contributed by atoms with E-state index in [4.69, 9.17) is 5.73 Å². The summed E-state index contributed by atoms with van der Waals surface area (Å²) in [6.07, 6.45) is 4.03. The molecule has 3 fully saturated rings. The fourth-order valence-electron chi connectivity index (χ4n) is 3.95. The van der Waals surface area contributed by atoms with Gasteiger partial charge in [-0.1, -0.05) is 0 Å². The molecule has 2 N–H and O–H groups in total. The van der Waals surface area contributed by atoms with Gasteiger partial charge in [0, 0.05) is 51.0 Å². The van der Waals surface area contributed by atoms with Crippen LogP contribution in [0.2, 0.25) is 0 Å². The van der Waals surface area contributed by atoms with Crippen LogP contribution in [0.5, 0.6) is 0 Å². The average molecular weight is 473 g/mol. The number of likely N-dealkylation sites (tertiary alicyclic amines) is 1. The molecule has 2 aliphatic heterocycles. The zero-order valence-corrected chi connectivity index (χ0v) is 17.5. The van der Waals surface area contributed by atoms with Gasteiger partial charge in [-0.2, -0.15) is 0 Å². The predicted molar refractivity (Wildman–Crippen MR) is 115 cm³/mol. The van der Waals surface area contributed by atoms with E-state index in [9.17, 15) is 4.39 Å². The van der Waals surface area contributed by atoms with Crippen LogP contribution in [0.1, 0.15) is 19.3 Å². The maximum absolute atomic E-state index is 13.0. The number of rotatable bonds is 4. The number of anilines is 1. The third-order valence-electron chi connectivity index (χ3n) is 5.69. The van der Waals surface area contributed by atoms with Crippen molar-refractivity contribution in [3.05, 3.63) is 30.1 Å². The Morgan fingerprint density at radius 3 is 2.38 bits per heavy atom. The maximum Gasteiger partial charge on any atom is 0.191 e. The van der Waals surface area contributed by atoms with Crippen molar-refractivity contribution in [2.45, 2.75) is 25.3 Å². The maximum atomic E-state index is 13.0. The molecule has 1 aliphatic carbocycles. The Morgan fingerprint density at radius 1 is 1.04 bits per heavy atom. The third-order valence-corrected chi connectivity index (χ3v) is 5.69. The van der Waals surface area contributed by atoms with E-state index in [1.54, 1.807) is 0 Å². The molecule has 0 bridgehead atoms. The summed E-state index contributed by atoms with van der Waals surface area (Å²) in [7, 11) is 0. The lowest BCUT2D eigenvalue weighted by atomic mass is 10.1. The fourth-order valence-corrected chi connectivity index (χ4v) is 3.95. The van der Waals surface area contributed by atoms with E-state index in [2.05, 4.69) is 19.7 Å². The lowest BCUT2D eigenvalue weighted by Crippen LogP contribution is -2.51. The molecule has 2 saturated heterocycles. The van der Waals surface area contributed by atoms with Crippen LogP contribution in [0, 0.1) is 11.7 Å². The van der Waals surface area contributed by atoms with Crippen LogP contribution in [0.15, 0.2) is 29.3 Å². The molecule has 2 heterocycles. The highest BCUT2D eigenvalue weighted by Gasteiger charge is 2.34. The van der Waals surface area contributed by atoms with Crippen molar-refractivity contribution >= 4 is 35.6 Å². The van der Waals surface area contributed by atoms with Gasteiger partial charge in [0.25, 0.3) is 0 Å². The Morgan fingerprint density at radius 2 is 1.73 bits per heavy atom. The predicted octanol–water partition coefficient (Wildman–Crippen LogP) is 2.36. The summed E-state index contributed by atoms with van der Waals surface area (Å²) >= 11 is 0. The molecular weight excluding hydrogens is 444 g/mol. The Hall–Kier alpha value is -1.09. The zero-order valence-electron chi connectivity index (χ0n) is 15.2.